The minimum Gasteiger partial charge on any atom is -0.489 e. The van der Waals surface area contributed by atoms with E-state index in [1.165, 1.54) is 7.11 Å². The molecule has 4 nitrogen and oxygen atoms in total. The Kier molecular flexibility index (Phi) is 3.98. The SMILES string of the molecule is COC(=O)c1cccc(OC2CCCNC2)c1. The second kappa shape index (κ2) is 5.68. The molecule has 1 aromatic rings. The van der Waals surface area contributed by atoms with Gasteiger partial charge in [-0.05, 0) is 37.6 Å². The van der Waals surface area contributed by atoms with Crippen molar-refractivity contribution in [3.63, 3.8) is 0 Å². The van der Waals surface area contributed by atoms with Crippen LogP contribution in [0, 0.1) is 0 Å². The van der Waals surface area contributed by atoms with E-state index in [2.05, 4.69) is 10.1 Å². The van der Waals surface area contributed by atoms with Gasteiger partial charge in [0.15, 0.2) is 0 Å². The first-order valence-corrected chi connectivity index (χ1v) is 5.85. The normalized spacial score (nSPS) is 19.7. The molecular weight excluding hydrogens is 218 g/mol. The predicted molar refractivity (Wildman–Crippen MR) is 64.3 cm³/mol. The number of piperidine rings is 1. The zero-order chi connectivity index (χ0) is 12.1. The van der Waals surface area contributed by atoms with E-state index in [-0.39, 0.29) is 12.1 Å². The summed E-state index contributed by atoms with van der Waals surface area (Å²) in [6.45, 7) is 1.92. The number of esters is 1. The van der Waals surface area contributed by atoms with Gasteiger partial charge >= 0.3 is 5.97 Å². The molecule has 1 heterocycles. The van der Waals surface area contributed by atoms with E-state index >= 15 is 0 Å². The van der Waals surface area contributed by atoms with Crippen molar-refractivity contribution in [1.82, 2.24) is 5.32 Å². The average Bonchev–Trinajstić information content (AvgIpc) is 2.39. The van der Waals surface area contributed by atoms with Crippen LogP contribution < -0.4 is 10.1 Å². The van der Waals surface area contributed by atoms with Crippen molar-refractivity contribution in [1.29, 1.82) is 0 Å². The van der Waals surface area contributed by atoms with Gasteiger partial charge in [0.05, 0.1) is 12.7 Å². The van der Waals surface area contributed by atoms with Gasteiger partial charge in [-0.3, -0.25) is 0 Å². The largest absolute Gasteiger partial charge is 0.489 e. The van der Waals surface area contributed by atoms with Crippen LogP contribution in [0.1, 0.15) is 23.2 Å². The number of methoxy groups -OCH3 is 1. The lowest BCUT2D eigenvalue weighted by atomic mass is 10.1. The first-order chi connectivity index (χ1) is 8.29. The van der Waals surface area contributed by atoms with Crippen molar-refractivity contribution >= 4 is 5.97 Å². The van der Waals surface area contributed by atoms with Crippen LogP contribution in [0.15, 0.2) is 24.3 Å². The van der Waals surface area contributed by atoms with Crippen LogP contribution in [-0.2, 0) is 4.74 Å². The maximum Gasteiger partial charge on any atom is 0.337 e. The number of hydrogen-bond acceptors (Lipinski definition) is 4. The average molecular weight is 235 g/mol. The van der Waals surface area contributed by atoms with Crippen LogP contribution in [0.3, 0.4) is 0 Å². The van der Waals surface area contributed by atoms with Crippen molar-refractivity contribution in [2.45, 2.75) is 18.9 Å². The van der Waals surface area contributed by atoms with Gasteiger partial charge in [0.25, 0.3) is 0 Å². The van der Waals surface area contributed by atoms with Crippen LogP contribution in [0.25, 0.3) is 0 Å². The Labute approximate surface area is 101 Å². The van der Waals surface area contributed by atoms with Crippen LogP contribution in [0.5, 0.6) is 5.75 Å². The van der Waals surface area contributed by atoms with E-state index in [0.717, 1.165) is 31.7 Å². The molecule has 0 aliphatic carbocycles. The standard InChI is InChI=1S/C13H17NO3/c1-16-13(15)10-4-2-5-11(8-10)17-12-6-3-7-14-9-12/h2,4-5,8,12,14H,3,6-7,9H2,1H3. The molecule has 0 radical (unpaired) electrons. The Hall–Kier alpha value is -1.55. The second-order valence-electron chi connectivity index (χ2n) is 4.11. The summed E-state index contributed by atoms with van der Waals surface area (Å²) in [7, 11) is 1.38. The van der Waals surface area contributed by atoms with E-state index in [4.69, 9.17) is 4.74 Å². The molecule has 0 bridgehead atoms. The minimum absolute atomic E-state index is 0.191. The lowest BCUT2D eigenvalue weighted by molar-refractivity contribution is 0.0599. The fraction of sp³-hybridized carbons (Fsp3) is 0.462. The van der Waals surface area contributed by atoms with Crippen LogP contribution >= 0.6 is 0 Å². The topological polar surface area (TPSA) is 47.6 Å². The molecule has 0 spiro atoms. The van der Waals surface area contributed by atoms with Crippen LogP contribution in [0.2, 0.25) is 0 Å². The summed E-state index contributed by atoms with van der Waals surface area (Å²) >= 11 is 0. The quantitative estimate of drug-likeness (QED) is 0.808. The van der Waals surface area contributed by atoms with Crippen LogP contribution in [-0.4, -0.2) is 32.3 Å². The van der Waals surface area contributed by atoms with Gasteiger partial charge in [0.2, 0.25) is 0 Å². The van der Waals surface area contributed by atoms with Gasteiger partial charge in [0.1, 0.15) is 11.9 Å². The molecule has 4 heteroatoms. The Balaban J connectivity index is 2.02. The molecular formula is C13H17NO3. The molecule has 92 valence electrons. The van der Waals surface area contributed by atoms with Gasteiger partial charge in [-0.15, -0.1) is 0 Å². The molecule has 17 heavy (non-hydrogen) atoms. The fourth-order valence-electron chi connectivity index (χ4n) is 1.93. The monoisotopic (exact) mass is 235 g/mol. The molecule has 1 fully saturated rings. The van der Waals surface area contributed by atoms with Crippen molar-refractivity contribution in [3.05, 3.63) is 29.8 Å². The summed E-state index contributed by atoms with van der Waals surface area (Å²) in [4.78, 5) is 11.4. The Bertz CT molecular complexity index is 386. The van der Waals surface area contributed by atoms with Crippen molar-refractivity contribution in [2.75, 3.05) is 20.2 Å². The van der Waals surface area contributed by atoms with Gasteiger partial charge in [-0.1, -0.05) is 6.07 Å². The lowest BCUT2D eigenvalue weighted by Crippen LogP contribution is -2.37. The number of hydrogen-bond donors (Lipinski definition) is 1. The molecule has 0 saturated carbocycles. The van der Waals surface area contributed by atoms with Crippen LogP contribution in [0.4, 0.5) is 0 Å². The number of carbonyl (C=O) groups excluding carboxylic acids is 1. The highest BCUT2D eigenvalue weighted by Gasteiger charge is 2.15. The summed E-state index contributed by atoms with van der Waals surface area (Å²) < 4.78 is 10.5. The molecule has 1 N–H and O–H groups in total. The first kappa shape index (κ1) is 11.9. The highest BCUT2D eigenvalue weighted by molar-refractivity contribution is 5.89. The molecule has 1 aromatic carbocycles. The summed E-state index contributed by atoms with van der Waals surface area (Å²) in [5.74, 6) is 0.388. The second-order valence-corrected chi connectivity index (χ2v) is 4.11. The summed E-state index contributed by atoms with van der Waals surface area (Å²) in [5.41, 5.74) is 0.522. The Morgan fingerprint density at radius 2 is 2.35 bits per heavy atom. The number of ether oxygens (including phenoxy) is 2. The highest BCUT2D eigenvalue weighted by atomic mass is 16.5. The van der Waals surface area contributed by atoms with Gasteiger partial charge in [0, 0.05) is 6.54 Å². The van der Waals surface area contributed by atoms with Crippen molar-refractivity contribution in [2.24, 2.45) is 0 Å². The third kappa shape index (κ3) is 3.20. The third-order valence-corrected chi connectivity index (χ3v) is 2.81. The summed E-state index contributed by atoms with van der Waals surface area (Å²) in [5, 5.41) is 3.29. The van der Waals surface area contributed by atoms with Gasteiger partial charge < -0.3 is 14.8 Å². The van der Waals surface area contributed by atoms with Crippen molar-refractivity contribution < 1.29 is 14.3 Å². The molecule has 1 aliphatic heterocycles. The maximum atomic E-state index is 11.4. The lowest BCUT2D eigenvalue weighted by Gasteiger charge is -2.24. The molecule has 1 unspecified atom stereocenters. The Morgan fingerprint density at radius 1 is 1.47 bits per heavy atom. The number of carbonyl (C=O) groups is 1. The zero-order valence-corrected chi connectivity index (χ0v) is 9.94. The van der Waals surface area contributed by atoms with E-state index in [9.17, 15) is 4.79 Å². The van der Waals surface area contributed by atoms with Crippen molar-refractivity contribution in [3.8, 4) is 5.75 Å². The van der Waals surface area contributed by atoms with E-state index in [1.807, 2.05) is 6.07 Å². The van der Waals surface area contributed by atoms with Gasteiger partial charge in [-0.25, -0.2) is 4.79 Å². The van der Waals surface area contributed by atoms with Gasteiger partial charge in [-0.2, -0.15) is 0 Å². The first-order valence-electron chi connectivity index (χ1n) is 5.85. The molecule has 1 aliphatic rings. The Morgan fingerprint density at radius 3 is 3.06 bits per heavy atom. The maximum absolute atomic E-state index is 11.4. The van der Waals surface area contributed by atoms with E-state index in [1.54, 1.807) is 18.2 Å². The summed E-state index contributed by atoms with van der Waals surface area (Å²) in [6.07, 6.45) is 2.37. The fourth-order valence-corrected chi connectivity index (χ4v) is 1.93. The number of rotatable bonds is 3. The third-order valence-electron chi connectivity index (χ3n) is 2.81. The zero-order valence-electron chi connectivity index (χ0n) is 9.94. The smallest absolute Gasteiger partial charge is 0.337 e. The number of nitrogens with one attached hydrogen (secondary N) is 1. The summed E-state index contributed by atoms with van der Waals surface area (Å²) in [6, 6.07) is 7.11. The van der Waals surface area contributed by atoms with E-state index in [0.29, 0.717) is 5.56 Å². The molecule has 1 saturated heterocycles. The highest BCUT2D eigenvalue weighted by Crippen LogP contribution is 2.17. The van der Waals surface area contributed by atoms with E-state index < -0.39 is 0 Å². The molecule has 2 rings (SSSR count). The molecule has 0 aromatic heterocycles. The molecule has 0 amide bonds. The predicted octanol–water partition coefficient (Wildman–Crippen LogP) is 1.60. The minimum atomic E-state index is -0.336. The molecule has 1 atom stereocenters. The number of benzene rings is 1.